The molecule has 1 saturated carbocycles. The number of methoxy groups -OCH3 is 1. The fourth-order valence-electron chi connectivity index (χ4n) is 7.16. The van der Waals surface area contributed by atoms with E-state index in [2.05, 4.69) is 5.32 Å². The van der Waals surface area contributed by atoms with Gasteiger partial charge in [0, 0.05) is 30.5 Å². The number of ether oxygens (including phenoxy) is 2. The number of nitrogens with two attached hydrogens (primary N) is 1. The van der Waals surface area contributed by atoms with Crippen molar-refractivity contribution in [3.05, 3.63) is 99.8 Å². The van der Waals surface area contributed by atoms with Crippen LogP contribution in [0, 0.1) is 11.8 Å². The van der Waals surface area contributed by atoms with Crippen molar-refractivity contribution in [3.8, 4) is 22.6 Å². The Balaban J connectivity index is 1.47. The average molecular weight is 683 g/mol. The number of amides is 1. The molecule has 0 spiro atoms. The molecule has 3 atom stereocenters. The maximum absolute atomic E-state index is 13.4. The highest BCUT2D eigenvalue weighted by molar-refractivity contribution is 6.18. The minimum atomic E-state index is -1.04. The summed E-state index contributed by atoms with van der Waals surface area (Å²) in [6.45, 7) is 3.48. The lowest BCUT2D eigenvalue weighted by Gasteiger charge is -2.35. The third-order valence-electron chi connectivity index (χ3n) is 9.36. The highest BCUT2D eigenvalue weighted by Gasteiger charge is 2.40. The minimum Gasteiger partial charge on any atom is -0.511 e. The molecule has 2 aliphatic rings. The summed E-state index contributed by atoms with van der Waals surface area (Å²) in [5.74, 6) is -3.68. The van der Waals surface area contributed by atoms with Gasteiger partial charge >= 0.3 is 5.97 Å². The number of aliphatic hydroxyl groups is 2. The van der Waals surface area contributed by atoms with E-state index in [1.807, 2.05) is 48.5 Å². The second kappa shape index (κ2) is 15.4. The van der Waals surface area contributed by atoms with E-state index in [-0.39, 0.29) is 60.3 Å². The lowest BCUT2D eigenvalue weighted by molar-refractivity contribution is -0.145. The van der Waals surface area contributed by atoms with Crippen LogP contribution >= 0.6 is 0 Å². The number of fused-ring (bicyclic) bond motifs is 2. The molecule has 0 saturated heterocycles. The Morgan fingerprint density at radius 2 is 1.74 bits per heavy atom. The third-order valence-corrected chi connectivity index (χ3v) is 9.36. The van der Waals surface area contributed by atoms with Crippen LogP contribution in [0.3, 0.4) is 0 Å². The standard InChI is InChI=1S/C39H42N2O9/c1-4-50-39(48)29(16-22-8-6-5-7-9-22)41-20-23-10-13-33(49-3)27(15-23)26-11-12-30(43)36-28(26)19-25-14-24(18-32(45)35(25)37(36)46)17-31(44)34(21(2)42)38(40)47/h5-13,15,24-25,29,41,43-44,46H,4,14,16-20H2,1-3H3,(H2,40,47)/b34-31-. The summed E-state index contributed by atoms with van der Waals surface area (Å²) in [5, 5.41) is 36.4. The number of carbonyl (C=O) groups is 4. The predicted molar refractivity (Wildman–Crippen MR) is 186 cm³/mol. The largest absolute Gasteiger partial charge is 0.511 e. The molecule has 1 fully saturated rings. The van der Waals surface area contributed by atoms with Crippen LogP contribution < -0.4 is 15.8 Å². The number of primary amides is 1. The lowest BCUT2D eigenvalue weighted by Crippen LogP contribution is -2.39. The van der Waals surface area contributed by atoms with Crippen LogP contribution in [0.5, 0.6) is 11.5 Å². The minimum absolute atomic E-state index is 0.0282. The van der Waals surface area contributed by atoms with Crippen molar-refractivity contribution in [1.82, 2.24) is 5.32 Å². The molecule has 11 nitrogen and oxygen atoms in total. The zero-order valence-electron chi connectivity index (χ0n) is 28.3. The van der Waals surface area contributed by atoms with E-state index in [9.17, 15) is 34.5 Å². The monoisotopic (exact) mass is 682 g/mol. The number of carbonyl (C=O) groups excluding carboxylic acids is 4. The Morgan fingerprint density at radius 3 is 2.40 bits per heavy atom. The lowest BCUT2D eigenvalue weighted by atomic mass is 9.68. The number of esters is 1. The van der Waals surface area contributed by atoms with Gasteiger partial charge in [0.25, 0.3) is 5.91 Å². The molecule has 0 aromatic heterocycles. The van der Waals surface area contributed by atoms with Crippen LogP contribution in [0.4, 0.5) is 0 Å². The number of phenolic OH excluding ortho intramolecular Hbond substituents is 1. The molecule has 6 N–H and O–H groups in total. The van der Waals surface area contributed by atoms with Crippen molar-refractivity contribution in [1.29, 1.82) is 0 Å². The number of Topliss-reactive ketones (excluding diaryl/α,β-unsaturated/α-hetero) is 2. The number of benzene rings is 3. The van der Waals surface area contributed by atoms with Crippen molar-refractivity contribution in [3.63, 3.8) is 0 Å². The van der Waals surface area contributed by atoms with Gasteiger partial charge in [-0.1, -0.05) is 42.5 Å². The first-order chi connectivity index (χ1) is 23.9. The highest BCUT2D eigenvalue weighted by Crippen LogP contribution is 2.49. The normalized spacial score (nSPS) is 18.0. The summed E-state index contributed by atoms with van der Waals surface area (Å²) < 4.78 is 11.1. The number of hydrogen-bond donors (Lipinski definition) is 5. The molecule has 3 unspecified atom stereocenters. The molecule has 1 amide bonds. The first kappa shape index (κ1) is 35.9. The molecule has 5 rings (SSSR count). The van der Waals surface area contributed by atoms with Gasteiger partial charge in [0.15, 0.2) is 11.6 Å². The van der Waals surface area contributed by atoms with Crippen LogP contribution in [0.25, 0.3) is 16.9 Å². The molecule has 3 aromatic rings. The average Bonchev–Trinajstić information content (AvgIpc) is 3.06. The molecule has 0 aliphatic heterocycles. The van der Waals surface area contributed by atoms with Gasteiger partial charge in [0.1, 0.15) is 34.6 Å². The zero-order valence-corrected chi connectivity index (χ0v) is 28.3. The fraction of sp³-hybridized carbons (Fsp3) is 0.333. The number of aliphatic hydroxyl groups excluding tert-OH is 2. The number of allylic oxidation sites excluding steroid dienone is 2. The van der Waals surface area contributed by atoms with Gasteiger partial charge in [-0.05, 0) is 85.4 Å². The molecule has 262 valence electrons. The number of aromatic hydroxyl groups is 1. The summed E-state index contributed by atoms with van der Waals surface area (Å²) in [6.07, 6.45) is 0.961. The first-order valence-corrected chi connectivity index (χ1v) is 16.6. The molecule has 0 radical (unpaired) electrons. The van der Waals surface area contributed by atoms with E-state index < -0.39 is 40.9 Å². The molecule has 2 aliphatic carbocycles. The summed E-state index contributed by atoms with van der Waals surface area (Å²) in [6, 6.07) is 17.9. The number of ketones is 2. The quantitative estimate of drug-likeness (QED) is 0.0539. The van der Waals surface area contributed by atoms with Crippen LogP contribution in [0.15, 0.2) is 77.6 Å². The van der Waals surface area contributed by atoms with Gasteiger partial charge in [-0.25, -0.2) is 0 Å². The number of phenols is 1. The van der Waals surface area contributed by atoms with Gasteiger partial charge in [-0.3, -0.25) is 19.2 Å². The Kier molecular flexibility index (Phi) is 11.1. The van der Waals surface area contributed by atoms with Gasteiger partial charge in [-0.15, -0.1) is 0 Å². The van der Waals surface area contributed by atoms with E-state index >= 15 is 0 Å². The molecule has 3 aromatic carbocycles. The first-order valence-electron chi connectivity index (χ1n) is 16.6. The molecule has 50 heavy (non-hydrogen) atoms. The van der Waals surface area contributed by atoms with Gasteiger partial charge < -0.3 is 35.8 Å². The summed E-state index contributed by atoms with van der Waals surface area (Å²) in [7, 11) is 1.54. The van der Waals surface area contributed by atoms with Crippen molar-refractivity contribution in [2.75, 3.05) is 13.7 Å². The Bertz CT molecular complexity index is 1860. The van der Waals surface area contributed by atoms with E-state index in [0.717, 1.165) is 18.1 Å². The number of hydrogen-bond acceptors (Lipinski definition) is 10. The molecule has 0 heterocycles. The summed E-state index contributed by atoms with van der Waals surface area (Å²) in [4.78, 5) is 50.0. The summed E-state index contributed by atoms with van der Waals surface area (Å²) in [5.41, 5.74) is 9.01. The topological polar surface area (TPSA) is 185 Å². The van der Waals surface area contributed by atoms with Gasteiger partial charge in [0.05, 0.1) is 19.3 Å². The number of rotatable bonds is 13. The Morgan fingerprint density at radius 1 is 1.00 bits per heavy atom. The zero-order chi connectivity index (χ0) is 36.1. The van der Waals surface area contributed by atoms with E-state index in [1.165, 1.54) is 6.07 Å². The smallest absolute Gasteiger partial charge is 0.323 e. The van der Waals surface area contributed by atoms with E-state index in [4.69, 9.17) is 15.2 Å². The predicted octanol–water partition coefficient (Wildman–Crippen LogP) is 5.03. The number of nitrogens with one attached hydrogen (secondary N) is 1. The van der Waals surface area contributed by atoms with E-state index in [1.54, 1.807) is 20.1 Å². The van der Waals surface area contributed by atoms with Crippen molar-refractivity contribution < 1.29 is 44.0 Å². The second-order valence-corrected chi connectivity index (χ2v) is 12.7. The van der Waals surface area contributed by atoms with Crippen LogP contribution in [0.1, 0.15) is 55.4 Å². The van der Waals surface area contributed by atoms with E-state index in [0.29, 0.717) is 41.8 Å². The molecule has 11 heteroatoms. The molecule has 0 bridgehead atoms. The van der Waals surface area contributed by atoms with Crippen molar-refractivity contribution in [2.24, 2.45) is 17.6 Å². The Labute approximate surface area is 290 Å². The third kappa shape index (κ3) is 7.58. The van der Waals surface area contributed by atoms with Crippen molar-refractivity contribution in [2.45, 2.75) is 58.5 Å². The maximum Gasteiger partial charge on any atom is 0.323 e. The Hall–Kier alpha value is -5.42. The fourth-order valence-corrected chi connectivity index (χ4v) is 7.16. The van der Waals surface area contributed by atoms with Crippen molar-refractivity contribution >= 4 is 29.2 Å². The van der Waals surface area contributed by atoms with Crippen LogP contribution in [0.2, 0.25) is 0 Å². The van der Waals surface area contributed by atoms with Gasteiger partial charge in [0.2, 0.25) is 0 Å². The van der Waals surface area contributed by atoms with Crippen LogP contribution in [-0.4, -0.2) is 58.5 Å². The SMILES string of the molecule is CCOC(=O)C(Cc1ccccc1)NCc1ccc(OC)c(-c2ccc(O)c3c2CC2CC(C/C(O)=C(\C(C)=O)C(N)=O)CC(=O)C2=C3O)c1. The van der Waals surface area contributed by atoms with Gasteiger partial charge in [-0.2, -0.15) is 0 Å². The second-order valence-electron chi connectivity index (χ2n) is 12.7. The highest BCUT2D eigenvalue weighted by atomic mass is 16.5. The maximum atomic E-state index is 13.4. The van der Waals surface area contributed by atoms with Crippen LogP contribution in [-0.2, 0) is 43.3 Å². The molecular formula is C39H42N2O9. The summed E-state index contributed by atoms with van der Waals surface area (Å²) >= 11 is 0. The molecular weight excluding hydrogens is 640 g/mol.